The molecule has 0 aromatic heterocycles. The Morgan fingerprint density at radius 1 is 1.75 bits per heavy atom. The molecule has 1 atom stereocenters. The third kappa shape index (κ3) is 0.760. The van der Waals surface area contributed by atoms with Gasteiger partial charge in [-0.15, -0.1) is 0 Å². The molecular weight excluding hydrogens is 110 g/mol. The Kier molecular flexibility index (Phi) is 1.13. The predicted octanol–water partition coefficient (Wildman–Crippen LogP) is -0.789. The van der Waals surface area contributed by atoms with Crippen molar-refractivity contribution in [2.24, 2.45) is 0 Å². The fraction of sp³-hybridized carbons (Fsp3) is 0.333. The molecule has 0 saturated carbocycles. The van der Waals surface area contributed by atoms with Crippen molar-refractivity contribution in [1.82, 2.24) is 10.9 Å². The maximum absolute atomic E-state index is 9.85. The lowest BCUT2D eigenvalue weighted by atomic mass is 10.5. The molecule has 1 heterocycles. The van der Waals surface area contributed by atoms with Crippen molar-refractivity contribution in [2.45, 2.75) is 6.17 Å². The lowest BCUT2D eigenvalue weighted by molar-refractivity contribution is -0.515. The average molecular weight is 115 g/mol. The first-order valence-electron chi connectivity index (χ1n) is 2.12. The summed E-state index contributed by atoms with van der Waals surface area (Å²) in [4.78, 5) is 9.43. The van der Waals surface area contributed by atoms with Gasteiger partial charge in [0.1, 0.15) is 0 Å². The van der Waals surface area contributed by atoms with Gasteiger partial charge in [0.15, 0.2) is 0 Å². The maximum Gasteiger partial charge on any atom is 0.302 e. The summed E-state index contributed by atoms with van der Waals surface area (Å²) in [7, 11) is 0. The quantitative estimate of drug-likeness (QED) is 0.347. The topological polar surface area (TPSA) is 67.2 Å². The second-order valence-corrected chi connectivity index (χ2v) is 1.38. The first-order valence-corrected chi connectivity index (χ1v) is 2.12. The number of hydrazine groups is 1. The van der Waals surface area contributed by atoms with E-state index < -0.39 is 11.1 Å². The SMILES string of the molecule is O=[N+]([O-])C1C=CNN1. The zero-order chi connectivity index (χ0) is 5.98. The highest BCUT2D eigenvalue weighted by atomic mass is 16.6. The Morgan fingerprint density at radius 3 is 2.75 bits per heavy atom. The van der Waals surface area contributed by atoms with E-state index in [-0.39, 0.29) is 0 Å². The molecule has 0 radical (unpaired) electrons. The highest BCUT2D eigenvalue weighted by Gasteiger charge is 2.16. The van der Waals surface area contributed by atoms with Gasteiger partial charge in [0.2, 0.25) is 0 Å². The number of hydrogen-bond acceptors (Lipinski definition) is 4. The number of nitrogens with one attached hydrogen (secondary N) is 2. The van der Waals surface area contributed by atoms with Crippen molar-refractivity contribution < 1.29 is 4.92 Å². The van der Waals surface area contributed by atoms with E-state index in [1.807, 2.05) is 0 Å². The van der Waals surface area contributed by atoms with Crippen molar-refractivity contribution >= 4 is 0 Å². The first kappa shape index (κ1) is 5.04. The van der Waals surface area contributed by atoms with Crippen molar-refractivity contribution in [1.29, 1.82) is 0 Å². The van der Waals surface area contributed by atoms with Crippen molar-refractivity contribution in [3.63, 3.8) is 0 Å². The van der Waals surface area contributed by atoms with Crippen molar-refractivity contribution in [3.05, 3.63) is 22.4 Å². The van der Waals surface area contributed by atoms with Crippen LogP contribution >= 0.6 is 0 Å². The molecule has 5 heteroatoms. The molecule has 0 saturated heterocycles. The zero-order valence-electron chi connectivity index (χ0n) is 4.00. The lowest BCUT2D eigenvalue weighted by Gasteiger charge is -1.96. The van der Waals surface area contributed by atoms with Gasteiger partial charge in [0.05, 0.1) is 0 Å². The Bertz CT molecular complexity index is 132. The normalized spacial score (nSPS) is 25.2. The third-order valence-electron chi connectivity index (χ3n) is 0.820. The van der Waals surface area contributed by atoms with Crippen LogP contribution in [-0.4, -0.2) is 11.1 Å². The number of hydrogen-bond donors (Lipinski definition) is 2. The zero-order valence-corrected chi connectivity index (χ0v) is 4.00. The van der Waals surface area contributed by atoms with E-state index in [9.17, 15) is 10.1 Å². The van der Waals surface area contributed by atoms with Crippen LogP contribution in [0.5, 0.6) is 0 Å². The summed E-state index contributed by atoms with van der Waals surface area (Å²) in [6.45, 7) is 0. The Morgan fingerprint density at radius 2 is 2.50 bits per heavy atom. The highest BCUT2D eigenvalue weighted by molar-refractivity contribution is 4.90. The van der Waals surface area contributed by atoms with Crippen LogP contribution in [0.25, 0.3) is 0 Å². The van der Waals surface area contributed by atoms with Gasteiger partial charge < -0.3 is 5.43 Å². The van der Waals surface area contributed by atoms with Gasteiger partial charge in [-0.25, -0.2) is 0 Å². The molecule has 0 aromatic carbocycles. The van der Waals surface area contributed by atoms with Gasteiger partial charge in [0.25, 0.3) is 0 Å². The van der Waals surface area contributed by atoms with Crippen molar-refractivity contribution in [3.8, 4) is 0 Å². The third-order valence-corrected chi connectivity index (χ3v) is 0.820. The number of rotatable bonds is 1. The molecule has 0 aliphatic carbocycles. The summed E-state index contributed by atoms with van der Waals surface area (Å²) in [6, 6.07) is 0. The van der Waals surface area contributed by atoms with Crippen molar-refractivity contribution in [2.75, 3.05) is 0 Å². The fourth-order valence-electron chi connectivity index (χ4n) is 0.444. The molecule has 1 aliphatic heterocycles. The molecule has 0 fully saturated rings. The summed E-state index contributed by atoms with van der Waals surface area (Å²) in [6.07, 6.45) is 2.17. The summed E-state index contributed by atoms with van der Waals surface area (Å²) in [5.41, 5.74) is 4.88. The van der Waals surface area contributed by atoms with E-state index in [2.05, 4.69) is 10.9 Å². The van der Waals surface area contributed by atoms with Gasteiger partial charge in [-0.05, 0) is 0 Å². The molecule has 0 aromatic rings. The van der Waals surface area contributed by atoms with Gasteiger partial charge >= 0.3 is 6.17 Å². The van der Waals surface area contributed by atoms with Gasteiger partial charge in [-0.1, -0.05) is 0 Å². The molecule has 0 amide bonds. The number of nitro groups is 1. The summed E-state index contributed by atoms with van der Waals surface area (Å²) >= 11 is 0. The fourth-order valence-corrected chi connectivity index (χ4v) is 0.444. The van der Waals surface area contributed by atoms with Gasteiger partial charge in [0, 0.05) is 17.2 Å². The largest absolute Gasteiger partial charge is 0.323 e. The molecular formula is C3H5N3O2. The molecule has 2 N–H and O–H groups in total. The van der Waals surface area contributed by atoms with E-state index in [0.717, 1.165) is 0 Å². The van der Waals surface area contributed by atoms with Crippen LogP contribution in [0, 0.1) is 10.1 Å². The lowest BCUT2D eigenvalue weighted by Crippen LogP contribution is -2.35. The minimum atomic E-state index is -0.755. The second-order valence-electron chi connectivity index (χ2n) is 1.38. The molecule has 1 rings (SSSR count). The molecule has 1 aliphatic rings. The van der Waals surface area contributed by atoms with E-state index >= 15 is 0 Å². The minimum absolute atomic E-state index is 0.420. The Balaban J connectivity index is 2.48. The smallest absolute Gasteiger partial charge is 0.302 e. The van der Waals surface area contributed by atoms with Crippen LogP contribution in [0.2, 0.25) is 0 Å². The average Bonchev–Trinajstić information content (AvgIpc) is 2.12. The van der Waals surface area contributed by atoms with E-state index in [4.69, 9.17) is 0 Å². The van der Waals surface area contributed by atoms with Crippen LogP contribution in [-0.2, 0) is 0 Å². The summed E-state index contributed by atoms with van der Waals surface area (Å²) in [5, 5.41) is 9.85. The van der Waals surface area contributed by atoms with Crippen LogP contribution in [0.1, 0.15) is 0 Å². The molecule has 1 unspecified atom stereocenters. The summed E-state index contributed by atoms with van der Waals surface area (Å²) in [5.74, 6) is 0. The molecule has 44 valence electrons. The molecule has 0 bridgehead atoms. The molecule has 5 nitrogen and oxygen atoms in total. The monoisotopic (exact) mass is 115 g/mol. The number of nitrogens with zero attached hydrogens (tertiary/aromatic N) is 1. The van der Waals surface area contributed by atoms with Crippen LogP contribution in [0.15, 0.2) is 12.3 Å². The predicted molar refractivity (Wildman–Crippen MR) is 26.2 cm³/mol. The second kappa shape index (κ2) is 1.79. The first-order chi connectivity index (χ1) is 3.80. The Hall–Kier alpha value is -1.10. The van der Waals surface area contributed by atoms with Gasteiger partial charge in [-0.3, -0.25) is 10.1 Å². The Labute approximate surface area is 45.5 Å². The van der Waals surface area contributed by atoms with Crippen LogP contribution < -0.4 is 10.9 Å². The minimum Gasteiger partial charge on any atom is -0.323 e. The summed E-state index contributed by atoms with van der Waals surface area (Å²) < 4.78 is 0. The molecule has 8 heavy (non-hydrogen) atoms. The highest BCUT2D eigenvalue weighted by Crippen LogP contribution is 1.89. The standard InChI is InChI=1S/C3H5N3O2/c7-6(8)3-1-2-4-5-3/h1-5H. The maximum atomic E-state index is 9.85. The van der Waals surface area contributed by atoms with E-state index in [0.29, 0.717) is 0 Å². The van der Waals surface area contributed by atoms with Crippen LogP contribution in [0.4, 0.5) is 0 Å². The van der Waals surface area contributed by atoms with E-state index in [1.165, 1.54) is 12.3 Å². The molecule has 0 spiro atoms. The van der Waals surface area contributed by atoms with Crippen LogP contribution in [0.3, 0.4) is 0 Å². The van der Waals surface area contributed by atoms with Gasteiger partial charge in [-0.2, -0.15) is 5.43 Å². The van der Waals surface area contributed by atoms with E-state index in [1.54, 1.807) is 0 Å².